The van der Waals surface area contributed by atoms with Crippen LogP contribution in [0.4, 0.5) is 11.9 Å². The minimum absolute atomic E-state index is 0.204. The molecule has 1 unspecified atom stereocenters. The molecule has 1 aliphatic rings. The Morgan fingerprint density at radius 2 is 2.20 bits per heavy atom. The van der Waals surface area contributed by atoms with Gasteiger partial charge in [-0.15, -0.1) is 0 Å². The molecule has 8 heteroatoms. The number of nitrogens with zero attached hydrogens (tertiary/aromatic N) is 6. The van der Waals surface area contributed by atoms with Crippen molar-refractivity contribution in [3.8, 4) is 5.95 Å². The molecule has 0 amide bonds. The molecular weight excluding hydrogens is 258 g/mol. The number of methoxy groups -OCH3 is 1. The highest BCUT2D eigenvalue weighted by molar-refractivity contribution is 5.38. The van der Waals surface area contributed by atoms with Gasteiger partial charge in [0.1, 0.15) is 0 Å². The molecule has 20 heavy (non-hydrogen) atoms. The molecule has 1 aliphatic heterocycles. The Hall–Kier alpha value is -2.22. The SMILES string of the molecule is COCC1CCN(c2nc(N)nc(-n3cccn3)n2)C1. The minimum atomic E-state index is 0.204. The van der Waals surface area contributed by atoms with E-state index in [-0.39, 0.29) is 5.95 Å². The van der Waals surface area contributed by atoms with Gasteiger partial charge < -0.3 is 15.4 Å². The third-order valence-electron chi connectivity index (χ3n) is 3.31. The summed E-state index contributed by atoms with van der Waals surface area (Å²) in [6.07, 6.45) is 4.51. The van der Waals surface area contributed by atoms with Gasteiger partial charge in [-0.1, -0.05) is 0 Å². The predicted octanol–water partition coefficient (Wildman–Crippen LogP) is 0.112. The molecule has 0 radical (unpaired) electrons. The van der Waals surface area contributed by atoms with Crippen LogP contribution in [0.25, 0.3) is 5.95 Å². The molecule has 0 aromatic carbocycles. The molecule has 0 saturated carbocycles. The maximum Gasteiger partial charge on any atom is 0.257 e. The molecule has 2 aromatic rings. The molecule has 0 aliphatic carbocycles. The summed E-state index contributed by atoms with van der Waals surface area (Å²) in [5, 5.41) is 4.11. The monoisotopic (exact) mass is 275 g/mol. The minimum Gasteiger partial charge on any atom is -0.384 e. The van der Waals surface area contributed by atoms with Gasteiger partial charge in [0.2, 0.25) is 11.9 Å². The summed E-state index contributed by atoms with van der Waals surface area (Å²) in [5.41, 5.74) is 5.77. The second-order valence-corrected chi connectivity index (χ2v) is 4.80. The Morgan fingerprint density at radius 1 is 1.35 bits per heavy atom. The van der Waals surface area contributed by atoms with Gasteiger partial charge in [-0.3, -0.25) is 0 Å². The molecule has 0 bridgehead atoms. The molecule has 1 saturated heterocycles. The Balaban J connectivity index is 1.84. The fourth-order valence-electron chi connectivity index (χ4n) is 2.39. The van der Waals surface area contributed by atoms with Gasteiger partial charge in [-0.05, 0) is 12.5 Å². The Bertz CT molecular complexity index is 571. The Kier molecular flexibility index (Phi) is 3.46. The van der Waals surface area contributed by atoms with Crippen molar-refractivity contribution < 1.29 is 4.74 Å². The van der Waals surface area contributed by atoms with Crippen LogP contribution in [0.3, 0.4) is 0 Å². The van der Waals surface area contributed by atoms with Crippen molar-refractivity contribution in [2.24, 2.45) is 5.92 Å². The summed E-state index contributed by atoms with van der Waals surface area (Å²) >= 11 is 0. The van der Waals surface area contributed by atoms with E-state index in [0.717, 1.165) is 26.1 Å². The van der Waals surface area contributed by atoms with Gasteiger partial charge >= 0.3 is 0 Å². The van der Waals surface area contributed by atoms with Crippen LogP contribution in [0.1, 0.15) is 6.42 Å². The van der Waals surface area contributed by atoms with Crippen molar-refractivity contribution in [3.05, 3.63) is 18.5 Å². The van der Waals surface area contributed by atoms with E-state index in [0.29, 0.717) is 17.8 Å². The lowest BCUT2D eigenvalue weighted by Crippen LogP contribution is -2.24. The molecular formula is C12H17N7O. The van der Waals surface area contributed by atoms with Gasteiger partial charge in [0.25, 0.3) is 5.95 Å². The topological polar surface area (TPSA) is 95.0 Å². The van der Waals surface area contributed by atoms with E-state index < -0.39 is 0 Å². The fourth-order valence-corrected chi connectivity index (χ4v) is 2.39. The van der Waals surface area contributed by atoms with E-state index in [1.54, 1.807) is 24.2 Å². The summed E-state index contributed by atoms with van der Waals surface area (Å²) in [4.78, 5) is 14.9. The average Bonchev–Trinajstić information content (AvgIpc) is 3.09. The number of aromatic nitrogens is 5. The molecule has 2 aromatic heterocycles. The highest BCUT2D eigenvalue weighted by Crippen LogP contribution is 2.21. The highest BCUT2D eigenvalue weighted by Gasteiger charge is 2.25. The number of rotatable bonds is 4. The van der Waals surface area contributed by atoms with Crippen LogP contribution >= 0.6 is 0 Å². The van der Waals surface area contributed by atoms with E-state index >= 15 is 0 Å². The summed E-state index contributed by atoms with van der Waals surface area (Å²) in [7, 11) is 1.72. The zero-order valence-corrected chi connectivity index (χ0v) is 11.3. The van der Waals surface area contributed by atoms with Crippen LogP contribution in [0.15, 0.2) is 18.5 Å². The number of anilines is 2. The van der Waals surface area contributed by atoms with Crippen LogP contribution in [-0.4, -0.2) is 51.5 Å². The molecule has 106 valence electrons. The summed E-state index contributed by atoms with van der Waals surface area (Å²) in [6, 6.07) is 1.81. The smallest absolute Gasteiger partial charge is 0.257 e. The van der Waals surface area contributed by atoms with Crippen molar-refractivity contribution in [2.75, 3.05) is 37.4 Å². The van der Waals surface area contributed by atoms with Gasteiger partial charge in [0.05, 0.1) is 6.61 Å². The predicted molar refractivity (Wildman–Crippen MR) is 73.6 cm³/mol. The molecule has 1 fully saturated rings. The van der Waals surface area contributed by atoms with Crippen molar-refractivity contribution in [3.63, 3.8) is 0 Å². The van der Waals surface area contributed by atoms with Gasteiger partial charge in [-0.25, -0.2) is 4.68 Å². The number of hydrogen-bond acceptors (Lipinski definition) is 7. The van der Waals surface area contributed by atoms with E-state index in [9.17, 15) is 0 Å². The van der Waals surface area contributed by atoms with E-state index in [2.05, 4.69) is 25.0 Å². The number of nitrogens with two attached hydrogens (primary N) is 1. The van der Waals surface area contributed by atoms with E-state index in [4.69, 9.17) is 10.5 Å². The molecule has 1 atom stereocenters. The lowest BCUT2D eigenvalue weighted by atomic mass is 10.1. The second-order valence-electron chi connectivity index (χ2n) is 4.80. The largest absolute Gasteiger partial charge is 0.384 e. The fraction of sp³-hybridized carbons (Fsp3) is 0.500. The van der Waals surface area contributed by atoms with Crippen LogP contribution < -0.4 is 10.6 Å². The first kappa shape index (κ1) is 12.8. The molecule has 8 nitrogen and oxygen atoms in total. The molecule has 2 N–H and O–H groups in total. The first-order valence-corrected chi connectivity index (χ1v) is 6.51. The highest BCUT2D eigenvalue weighted by atomic mass is 16.5. The lowest BCUT2D eigenvalue weighted by Gasteiger charge is -2.16. The summed E-state index contributed by atoms with van der Waals surface area (Å²) < 4.78 is 6.77. The number of ether oxygens (including phenoxy) is 1. The maximum absolute atomic E-state index is 5.77. The molecule has 3 heterocycles. The quantitative estimate of drug-likeness (QED) is 0.846. The third kappa shape index (κ3) is 2.55. The van der Waals surface area contributed by atoms with Crippen LogP contribution in [0, 0.1) is 5.92 Å². The summed E-state index contributed by atoms with van der Waals surface area (Å²) in [5.74, 6) is 1.75. The maximum atomic E-state index is 5.77. The van der Waals surface area contributed by atoms with Crippen molar-refractivity contribution in [2.45, 2.75) is 6.42 Å². The standard InChI is InChI=1S/C12H17N7O/c1-20-8-9-3-6-18(7-9)11-15-10(13)16-12(17-11)19-5-2-4-14-19/h2,4-5,9H,3,6-8H2,1H3,(H2,13,15,16,17). The Morgan fingerprint density at radius 3 is 2.95 bits per heavy atom. The van der Waals surface area contributed by atoms with Crippen LogP contribution in [0.2, 0.25) is 0 Å². The zero-order chi connectivity index (χ0) is 13.9. The first-order valence-electron chi connectivity index (χ1n) is 6.51. The van der Waals surface area contributed by atoms with Gasteiger partial charge in [0.15, 0.2) is 0 Å². The van der Waals surface area contributed by atoms with Gasteiger partial charge in [0, 0.05) is 38.5 Å². The third-order valence-corrected chi connectivity index (χ3v) is 3.31. The van der Waals surface area contributed by atoms with E-state index in [1.807, 2.05) is 6.07 Å². The van der Waals surface area contributed by atoms with Gasteiger partial charge in [-0.2, -0.15) is 20.1 Å². The Labute approximate surface area is 116 Å². The lowest BCUT2D eigenvalue weighted by molar-refractivity contribution is 0.161. The molecule has 0 spiro atoms. The van der Waals surface area contributed by atoms with Crippen molar-refractivity contribution in [1.82, 2.24) is 24.7 Å². The van der Waals surface area contributed by atoms with Crippen molar-refractivity contribution in [1.29, 1.82) is 0 Å². The normalized spacial score (nSPS) is 18.6. The first-order chi connectivity index (χ1) is 9.76. The number of hydrogen-bond donors (Lipinski definition) is 1. The summed E-state index contributed by atoms with van der Waals surface area (Å²) in [6.45, 7) is 2.52. The van der Waals surface area contributed by atoms with Crippen molar-refractivity contribution >= 4 is 11.9 Å². The second kappa shape index (κ2) is 5.41. The average molecular weight is 275 g/mol. The van der Waals surface area contributed by atoms with Crippen LogP contribution in [0.5, 0.6) is 0 Å². The zero-order valence-electron chi connectivity index (χ0n) is 11.3. The molecule has 3 rings (SSSR count). The number of nitrogen functional groups attached to an aromatic ring is 1. The van der Waals surface area contributed by atoms with E-state index in [1.165, 1.54) is 0 Å². The van der Waals surface area contributed by atoms with Crippen LogP contribution in [-0.2, 0) is 4.74 Å².